The smallest absolute Gasteiger partial charge is 0.122 e. The molecule has 2 nitrogen and oxygen atoms in total. The van der Waals surface area contributed by atoms with Gasteiger partial charge in [-0.1, -0.05) is 19.9 Å². The zero-order valence-corrected chi connectivity index (χ0v) is 11.9. The zero-order valence-electron chi connectivity index (χ0n) is 11.1. The molecule has 0 aliphatic heterocycles. The van der Waals surface area contributed by atoms with Gasteiger partial charge in [-0.3, -0.25) is 0 Å². The maximum absolute atomic E-state index is 5.61. The van der Waals surface area contributed by atoms with Gasteiger partial charge >= 0.3 is 0 Å². The molecule has 3 heteroatoms. The Labute approximate surface area is 109 Å². The molecule has 0 fully saturated rings. The number of ether oxygens (including phenoxy) is 1. The Morgan fingerprint density at radius 2 is 2.06 bits per heavy atom. The maximum atomic E-state index is 5.61. The molecule has 17 heavy (non-hydrogen) atoms. The predicted molar refractivity (Wildman–Crippen MR) is 74.2 cm³/mol. The van der Waals surface area contributed by atoms with Crippen molar-refractivity contribution in [3.8, 4) is 5.75 Å². The molecule has 0 aliphatic carbocycles. The van der Waals surface area contributed by atoms with Crippen LogP contribution in [-0.4, -0.2) is 19.7 Å². The summed E-state index contributed by atoms with van der Waals surface area (Å²) in [4.78, 5) is 0. The molecule has 0 unspecified atom stereocenters. The Morgan fingerprint density at radius 3 is 2.59 bits per heavy atom. The quantitative estimate of drug-likeness (QED) is 0.478. The van der Waals surface area contributed by atoms with Crippen molar-refractivity contribution in [1.29, 1.82) is 0 Å². The van der Waals surface area contributed by atoms with Gasteiger partial charge in [0, 0.05) is 6.54 Å². The second-order valence-electron chi connectivity index (χ2n) is 4.56. The number of benzene rings is 1. The first-order valence-corrected chi connectivity index (χ1v) is 6.57. The summed E-state index contributed by atoms with van der Waals surface area (Å²) in [5.41, 5.74) is 3.92. The van der Waals surface area contributed by atoms with E-state index in [1.165, 1.54) is 16.7 Å². The minimum Gasteiger partial charge on any atom is -0.496 e. The lowest BCUT2D eigenvalue weighted by molar-refractivity contribution is 0.407. The largest absolute Gasteiger partial charge is 0.496 e. The van der Waals surface area contributed by atoms with Gasteiger partial charge in [0.05, 0.1) is 13.1 Å². The highest BCUT2D eigenvalue weighted by Gasteiger charge is 2.10. The molecule has 1 aromatic carbocycles. The summed E-state index contributed by atoms with van der Waals surface area (Å²) < 4.78 is 5.43. The van der Waals surface area contributed by atoms with Crippen molar-refractivity contribution in [1.82, 2.24) is 5.32 Å². The Morgan fingerprint density at radius 1 is 1.35 bits per heavy atom. The van der Waals surface area contributed by atoms with Gasteiger partial charge in [-0.25, -0.2) is 0 Å². The fraction of sp³-hybridized carbons (Fsp3) is 0.571. The van der Waals surface area contributed by atoms with E-state index < -0.39 is 0 Å². The minimum atomic E-state index is 0.477. The first kappa shape index (κ1) is 14.3. The van der Waals surface area contributed by atoms with Crippen molar-refractivity contribution in [2.75, 3.05) is 19.7 Å². The lowest BCUT2D eigenvalue weighted by Gasteiger charge is -2.16. The monoisotopic (exact) mass is 255 g/mol. The molecule has 0 heterocycles. The van der Waals surface area contributed by atoms with E-state index >= 15 is 0 Å². The number of halogens is 1. The highest BCUT2D eigenvalue weighted by Crippen LogP contribution is 2.29. The number of hydrogen-bond donors (Lipinski definition) is 1. The Balaban J connectivity index is 2.94. The molecular weight excluding hydrogens is 234 g/mol. The van der Waals surface area contributed by atoms with Crippen LogP contribution in [0.1, 0.15) is 36.5 Å². The average molecular weight is 256 g/mol. The molecule has 0 amide bonds. The van der Waals surface area contributed by atoms with E-state index in [0.717, 1.165) is 18.7 Å². The van der Waals surface area contributed by atoms with Crippen LogP contribution in [0.3, 0.4) is 0 Å². The van der Waals surface area contributed by atoms with E-state index in [2.05, 4.69) is 38.2 Å². The normalized spacial score (nSPS) is 10.9. The van der Waals surface area contributed by atoms with Crippen LogP contribution in [0.4, 0.5) is 0 Å². The van der Waals surface area contributed by atoms with Gasteiger partial charge in [-0.05, 0) is 42.0 Å². The van der Waals surface area contributed by atoms with Crippen LogP contribution in [0.25, 0.3) is 0 Å². The Hall–Kier alpha value is -0.730. The molecule has 1 N–H and O–H groups in total. The van der Waals surface area contributed by atoms with Crippen molar-refractivity contribution >= 4 is 11.6 Å². The summed E-state index contributed by atoms with van der Waals surface area (Å²) >= 11 is 5.61. The molecule has 0 aliphatic rings. The predicted octanol–water partition coefficient (Wildman–Crippen LogP) is 3.46. The highest BCUT2D eigenvalue weighted by molar-refractivity contribution is 6.17. The number of nitrogens with one attached hydrogen (secondary N) is 1. The Bertz CT molecular complexity index is 363. The van der Waals surface area contributed by atoms with Crippen molar-refractivity contribution in [2.24, 2.45) is 0 Å². The third-order valence-electron chi connectivity index (χ3n) is 2.98. The second-order valence-corrected chi connectivity index (χ2v) is 4.83. The summed E-state index contributed by atoms with van der Waals surface area (Å²) in [7, 11) is 1.73. The van der Waals surface area contributed by atoms with E-state index in [0.29, 0.717) is 11.9 Å². The Kier molecular flexibility index (Phi) is 5.79. The van der Waals surface area contributed by atoms with E-state index in [1.54, 1.807) is 7.11 Å². The highest BCUT2D eigenvalue weighted by atomic mass is 35.5. The first-order valence-electron chi connectivity index (χ1n) is 6.04. The van der Waals surface area contributed by atoms with Gasteiger partial charge in [0.15, 0.2) is 0 Å². The van der Waals surface area contributed by atoms with E-state index in [9.17, 15) is 0 Å². The van der Waals surface area contributed by atoms with Crippen molar-refractivity contribution in [2.45, 2.75) is 33.1 Å². The van der Waals surface area contributed by atoms with Gasteiger partial charge in [0.1, 0.15) is 5.75 Å². The molecule has 1 aromatic rings. The van der Waals surface area contributed by atoms with Crippen LogP contribution in [0.15, 0.2) is 12.1 Å². The topological polar surface area (TPSA) is 21.3 Å². The van der Waals surface area contributed by atoms with E-state index in [1.807, 2.05) is 0 Å². The molecule has 0 aromatic heterocycles. The molecule has 0 bridgehead atoms. The van der Waals surface area contributed by atoms with Crippen molar-refractivity contribution in [3.05, 3.63) is 28.8 Å². The third kappa shape index (κ3) is 3.90. The summed E-state index contributed by atoms with van der Waals surface area (Å²) in [6.45, 7) is 7.42. The number of aryl methyl sites for hydroxylation is 1. The van der Waals surface area contributed by atoms with Gasteiger partial charge in [-0.2, -0.15) is 0 Å². The van der Waals surface area contributed by atoms with Gasteiger partial charge in [0.2, 0.25) is 0 Å². The van der Waals surface area contributed by atoms with Gasteiger partial charge < -0.3 is 10.1 Å². The van der Waals surface area contributed by atoms with Crippen molar-refractivity contribution in [3.63, 3.8) is 0 Å². The number of rotatable bonds is 6. The summed E-state index contributed by atoms with van der Waals surface area (Å²) in [5, 5.41) is 3.14. The molecule has 0 radical (unpaired) electrons. The zero-order chi connectivity index (χ0) is 12.8. The molecular formula is C14H22ClNO. The fourth-order valence-electron chi connectivity index (χ4n) is 1.93. The van der Waals surface area contributed by atoms with Crippen LogP contribution in [0.5, 0.6) is 5.75 Å². The standard InChI is InChI=1S/C14H22ClNO/c1-10(2)13-8-12(5-6-16-9-15)11(3)7-14(13)17-4/h7-8,10,16H,5-6,9H2,1-4H3. The lowest BCUT2D eigenvalue weighted by Crippen LogP contribution is -2.15. The van der Waals surface area contributed by atoms with Crippen LogP contribution in [0.2, 0.25) is 0 Å². The average Bonchev–Trinajstić information content (AvgIpc) is 2.30. The first-order chi connectivity index (χ1) is 8.10. The molecule has 96 valence electrons. The number of alkyl halides is 1. The van der Waals surface area contributed by atoms with Gasteiger partial charge in [0.25, 0.3) is 0 Å². The van der Waals surface area contributed by atoms with Crippen molar-refractivity contribution < 1.29 is 4.74 Å². The third-order valence-corrected chi connectivity index (χ3v) is 3.16. The number of hydrogen-bond acceptors (Lipinski definition) is 2. The fourth-order valence-corrected chi connectivity index (χ4v) is 2.07. The molecule has 1 rings (SSSR count). The van der Waals surface area contributed by atoms with Crippen LogP contribution in [0, 0.1) is 6.92 Å². The second kappa shape index (κ2) is 6.87. The summed E-state index contributed by atoms with van der Waals surface area (Å²) in [6.07, 6.45) is 1.00. The molecule has 0 saturated carbocycles. The summed E-state index contributed by atoms with van der Waals surface area (Å²) in [5.74, 6) is 1.47. The molecule has 0 atom stereocenters. The van der Waals surface area contributed by atoms with Gasteiger partial charge in [-0.15, -0.1) is 11.6 Å². The van der Waals surface area contributed by atoms with Crippen LogP contribution >= 0.6 is 11.6 Å². The van der Waals surface area contributed by atoms with E-state index in [4.69, 9.17) is 16.3 Å². The SMILES string of the molecule is COc1cc(C)c(CCNCCl)cc1C(C)C. The minimum absolute atomic E-state index is 0.477. The van der Waals surface area contributed by atoms with Crippen LogP contribution < -0.4 is 10.1 Å². The summed E-state index contributed by atoms with van der Waals surface area (Å²) in [6, 6.07) is 4.90. The van der Waals surface area contributed by atoms with Crippen LogP contribution in [-0.2, 0) is 6.42 Å². The maximum Gasteiger partial charge on any atom is 0.122 e. The number of methoxy groups -OCH3 is 1. The molecule has 0 saturated heterocycles. The van der Waals surface area contributed by atoms with E-state index in [-0.39, 0.29) is 0 Å². The lowest BCUT2D eigenvalue weighted by atomic mass is 9.95. The molecule has 0 spiro atoms.